The van der Waals surface area contributed by atoms with Crippen molar-refractivity contribution in [2.24, 2.45) is 5.92 Å². The van der Waals surface area contributed by atoms with E-state index in [0.29, 0.717) is 5.92 Å². The minimum Gasteiger partial charge on any atom is -0.485 e. The van der Waals surface area contributed by atoms with Crippen LogP contribution in [0.3, 0.4) is 0 Å². The molecular weight excluding hydrogens is 408 g/mol. The SMILES string of the molecule is CSc1ccc(-c2cc3c(cn2)OC(C)(C2CCN(C(=O)OC4(C)CC4)CC2)C3)cc1. The Bertz CT molecular complexity index is 981. The molecule has 2 aliphatic heterocycles. The summed E-state index contributed by atoms with van der Waals surface area (Å²) in [5.41, 5.74) is 2.89. The van der Waals surface area contributed by atoms with Crippen molar-refractivity contribution >= 4 is 17.9 Å². The van der Waals surface area contributed by atoms with Crippen LogP contribution in [0.5, 0.6) is 5.75 Å². The zero-order valence-electron chi connectivity index (χ0n) is 18.5. The molecule has 1 aromatic heterocycles. The Hall–Kier alpha value is -2.21. The monoisotopic (exact) mass is 438 g/mol. The minimum atomic E-state index is -0.246. The van der Waals surface area contributed by atoms with Gasteiger partial charge in [0.25, 0.3) is 0 Å². The van der Waals surface area contributed by atoms with Gasteiger partial charge in [0.1, 0.15) is 17.0 Å². The molecule has 1 atom stereocenters. The van der Waals surface area contributed by atoms with E-state index in [-0.39, 0.29) is 17.3 Å². The highest BCUT2D eigenvalue weighted by Gasteiger charge is 2.46. The first kappa shape index (κ1) is 20.7. The Balaban J connectivity index is 1.24. The van der Waals surface area contributed by atoms with Gasteiger partial charge in [-0.2, -0.15) is 0 Å². The number of carbonyl (C=O) groups excluding carboxylic acids is 1. The van der Waals surface area contributed by atoms with Gasteiger partial charge in [-0.1, -0.05) is 12.1 Å². The first-order valence-electron chi connectivity index (χ1n) is 11.2. The molecule has 6 heteroatoms. The molecule has 1 unspecified atom stereocenters. The van der Waals surface area contributed by atoms with Crippen molar-refractivity contribution in [2.75, 3.05) is 19.3 Å². The van der Waals surface area contributed by atoms with Crippen LogP contribution in [-0.2, 0) is 11.2 Å². The Morgan fingerprint density at radius 2 is 1.90 bits per heavy atom. The van der Waals surface area contributed by atoms with Crippen molar-refractivity contribution in [1.29, 1.82) is 0 Å². The molecular formula is C25H30N2O3S. The molecule has 5 rings (SSSR count). The fraction of sp³-hybridized carbons (Fsp3) is 0.520. The quantitative estimate of drug-likeness (QED) is 0.585. The summed E-state index contributed by atoms with van der Waals surface area (Å²) in [5.74, 6) is 1.31. The fourth-order valence-electron chi connectivity index (χ4n) is 4.75. The molecule has 1 aliphatic carbocycles. The first-order valence-corrected chi connectivity index (χ1v) is 12.4. The number of carbonyl (C=O) groups is 1. The largest absolute Gasteiger partial charge is 0.485 e. The third-order valence-corrected chi connectivity index (χ3v) is 7.87. The highest BCUT2D eigenvalue weighted by atomic mass is 32.2. The fourth-order valence-corrected chi connectivity index (χ4v) is 5.16. The lowest BCUT2D eigenvalue weighted by atomic mass is 9.79. The predicted octanol–water partition coefficient (Wildman–Crippen LogP) is 5.57. The van der Waals surface area contributed by atoms with Crippen LogP contribution in [-0.4, -0.2) is 46.5 Å². The number of hydrogen-bond donors (Lipinski definition) is 0. The average Bonchev–Trinajstić information content (AvgIpc) is 3.40. The molecule has 1 saturated heterocycles. The number of ether oxygens (including phenoxy) is 2. The lowest BCUT2D eigenvalue weighted by Gasteiger charge is -2.39. The van der Waals surface area contributed by atoms with E-state index in [1.165, 1.54) is 10.5 Å². The number of amides is 1. The topological polar surface area (TPSA) is 51.7 Å². The van der Waals surface area contributed by atoms with Crippen LogP contribution in [0.15, 0.2) is 41.4 Å². The molecule has 164 valence electrons. The van der Waals surface area contributed by atoms with E-state index in [0.717, 1.165) is 62.2 Å². The van der Waals surface area contributed by atoms with Crippen molar-refractivity contribution in [3.8, 4) is 17.0 Å². The van der Waals surface area contributed by atoms with Crippen LogP contribution < -0.4 is 4.74 Å². The number of aromatic nitrogens is 1. The standard InChI is InChI=1S/C25H30N2O3S/c1-24(10-11-24)30-23(28)27-12-8-19(9-13-27)25(2)15-18-14-21(26-16-22(18)29-25)17-4-6-20(31-3)7-5-17/h4-7,14,16,19H,8-13,15H2,1-3H3. The molecule has 0 spiro atoms. The number of thioether (sulfide) groups is 1. The summed E-state index contributed by atoms with van der Waals surface area (Å²) in [6.45, 7) is 5.70. The van der Waals surface area contributed by atoms with Crippen LogP contribution in [0.1, 0.15) is 45.1 Å². The molecule has 0 bridgehead atoms. The van der Waals surface area contributed by atoms with E-state index >= 15 is 0 Å². The normalized spacial score (nSPS) is 24.4. The van der Waals surface area contributed by atoms with Crippen LogP contribution >= 0.6 is 11.8 Å². The molecule has 0 radical (unpaired) electrons. The lowest BCUT2D eigenvalue weighted by molar-refractivity contribution is 0.00192. The van der Waals surface area contributed by atoms with Crippen molar-refractivity contribution in [1.82, 2.24) is 9.88 Å². The number of nitrogens with zero attached hydrogens (tertiary/aromatic N) is 2. The zero-order chi connectivity index (χ0) is 21.6. The molecule has 1 saturated carbocycles. The van der Waals surface area contributed by atoms with Gasteiger partial charge >= 0.3 is 6.09 Å². The van der Waals surface area contributed by atoms with E-state index < -0.39 is 0 Å². The van der Waals surface area contributed by atoms with Crippen LogP contribution in [0, 0.1) is 5.92 Å². The second kappa shape index (κ2) is 7.73. The van der Waals surface area contributed by atoms with Gasteiger partial charge in [-0.25, -0.2) is 4.79 Å². The van der Waals surface area contributed by atoms with Crippen molar-refractivity contribution in [2.45, 2.75) is 62.0 Å². The number of likely N-dealkylation sites (tertiary alicyclic amines) is 1. The van der Waals surface area contributed by atoms with Gasteiger partial charge in [-0.3, -0.25) is 4.98 Å². The number of fused-ring (bicyclic) bond motifs is 1. The van der Waals surface area contributed by atoms with Gasteiger partial charge in [0, 0.05) is 41.5 Å². The number of hydrogen-bond acceptors (Lipinski definition) is 5. The summed E-state index contributed by atoms with van der Waals surface area (Å²) < 4.78 is 12.1. The Labute approximate surface area is 188 Å². The molecule has 1 amide bonds. The molecule has 0 N–H and O–H groups in total. The zero-order valence-corrected chi connectivity index (χ0v) is 19.3. The maximum absolute atomic E-state index is 12.4. The minimum absolute atomic E-state index is 0.152. The molecule has 3 heterocycles. The number of rotatable bonds is 4. The van der Waals surface area contributed by atoms with Crippen molar-refractivity contribution < 1.29 is 14.3 Å². The number of pyridine rings is 1. The second-order valence-electron chi connectivity index (χ2n) is 9.58. The van der Waals surface area contributed by atoms with Crippen molar-refractivity contribution in [3.63, 3.8) is 0 Å². The summed E-state index contributed by atoms with van der Waals surface area (Å²) in [5, 5.41) is 0. The molecule has 1 aromatic carbocycles. The highest BCUT2D eigenvalue weighted by molar-refractivity contribution is 7.98. The van der Waals surface area contributed by atoms with Crippen LogP contribution in [0.4, 0.5) is 4.79 Å². The smallest absolute Gasteiger partial charge is 0.410 e. The van der Waals surface area contributed by atoms with E-state index in [1.807, 2.05) is 18.0 Å². The Morgan fingerprint density at radius 1 is 1.19 bits per heavy atom. The van der Waals surface area contributed by atoms with Crippen molar-refractivity contribution in [3.05, 3.63) is 42.1 Å². The molecule has 2 fully saturated rings. The molecule has 31 heavy (non-hydrogen) atoms. The van der Waals surface area contributed by atoms with Gasteiger partial charge in [0.2, 0.25) is 0 Å². The summed E-state index contributed by atoms with van der Waals surface area (Å²) in [6.07, 6.45) is 8.53. The van der Waals surface area contributed by atoms with Gasteiger partial charge in [-0.15, -0.1) is 11.8 Å². The predicted molar refractivity (Wildman–Crippen MR) is 123 cm³/mol. The molecule has 3 aliphatic rings. The third kappa shape index (κ3) is 4.14. The van der Waals surface area contributed by atoms with Crippen LogP contribution in [0.25, 0.3) is 11.3 Å². The first-order chi connectivity index (χ1) is 14.9. The number of benzene rings is 1. The van der Waals surface area contributed by atoms with E-state index in [1.54, 1.807) is 11.8 Å². The maximum Gasteiger partial charge on any atom is 0.410 e. The summed E-state index contributed by atoms with van der Waals surface area (Å²) in [7, 11) is 0. The average molecular weight is 439 g/mol. The maximum atomic E-state index is 12.4. The summed E-state index contributed by atoms with van der Waals surface area (Å²) in [6, 6.07) is 10.7. The van der Waals surface area contributed by atoms with Crippen LogP contribution in [0.2, 0.25) is 0 Å². The highest BCUT2D eigenvalue weighted by Crippen LogP contribution is 2.44. The lowest BCUT2D eigenvalue weighted by Crippen LogP contribution is -2.48. The van der Waals surface area contributed by atoms with E-state index in [9.17, 15) is 4.79 Å². The summed E-state index contributed by atoms with van der Waals surface area (Å²) >= 11 is 1.74. The van der Waals surface area contributed by atoms with Gasteiger partial charge in [0.15, 0.2) is 0 Å². The molecule has 2 aromatic rings. The summed E-state index contributed by atoms with van der Waals surface area (Å²) in [4.78, 5) is 20.2. The van der Waals surface area contributed by atoms with E-state index in [2.05, 4.69) is 48.5 Å². The van der Waals surface area contributed by atoms with E-state index in [4.69, 9.17) is 9.47 Å². The van der Waals surface area contributed by atoms with Gasteiger partial charge < -0.3 is 14.4 Å². The number of piperidine rings is 1. The Kier molecular flexibility index (Phi) is 5.16. The van der Waals surface area contributed by atoms with Gasteiger partial charge in [0.05, 0.1) is 11.9 Å². The third-order valence-electron chi connectivity index (χ3n) is 7.12. The molecule has 5 nitrogen and oxygen atoms in total. The van der Waals surface area contributed by atoms with Gasteiger partial charge in [-0.05, 0) is 64.0 Å². The second-order valence-corrected chi connectivity index (χ2v) is 10.5. The Morgan fingerprint density at radius 3 is 2.55 bits per heavy atom.